The van der Waals surface area contributed by atoms with Gasteiger partial charge in [-0.2, -0.15) is 0 Å². The summed E-state index contributed by atoms with van der Waals surface area (Å²) in [6.45, 7) is 5.55. The predicted molar refractivity (Wildman–Crippen MR) is 88.0 cm³/mol. The summed E-state index contributed by atoms with van der Waals surface area (Å²) in [4.78, 5) is 23.0. The lowest BCUT2D eigenvalue weighted by Crippen LogP contribution is -2.30. The summed E-state index contributed by atoms with van der Waals surface area (Å²) in [5, 5.41) is 11.6. The number of benzene rings is 2. The molecule has 0 radical (unpaired) electrons. The fourth-order valence-electron chi connectivity index (χ4n) is 2.02. The summed E-state index contributed by atoms with van der Waals surface area (Å²) < 4.78 is 5.72. The maximum atomic E-state index is 12.2. The zero-order chi connectivity index (χ0) is 17.0. The fourth-order valence-corrected chi connectivity index (χ4v) is 2.02. The summed E-state index contributed by atoms with van der Waals surface area (Å²) in [6, 6.07) is 11.8. The monoisotopic (exact) mass is 313 g/mol. The van der Waals surface area contributed by atoms with Gasteiger partial charge in [0.05, 0.1) is 5.56 Å². The number of carbonyl (C=O) groups excluding carboxylic acids is 1. The second-order valence-electron chi connectivity index (χ2n) is 5.40. The van der Waals surface area contributed by atoms with Crippen molar-refractivity contribution in [1.82, 2.24) is 0 Å². The van der Waals surface area contributed by atoms with Gasteiger partial charge in [-0.05, 0) is 62.2 Å². The third-order valence-corrected chi connectivity index (χ3v) is 3.42. The number of carboxylic acid groups (broad SMARTS) is 1. The molecule has 0 spiro atoms. The maximum absolute atomic E-state index is 12.2. The van der Waals surface area contributed by atoms with E-state index in [1.54, 1.807) is 19.1 Å². The molecule has 2 rings (SSSR count). The number of amides is 1. The Morgan fingerprint density at radius 1 is 1.09 bits per heavy atom. The largest absolute Gasteiger partial charge is 0.481 e. The summed E-state index contributed by atoms with van der Waals surface area (Å²) in [5.74, 6) is -0.627. The second-order valence-corrected chi connectivity index (χ2v) is 5.40. The minimum atomic E-state index is -1.01. The molecule has 1 unspecified atom stereocenters. The van der Waals surface area contributed by atoms with E-state index in [-0.39, 0.29) is 11.5 Å². The van der Waals surface area contributed by atoms with Crippen molar-refractivity contribution in [3.05, 3.63) is 59.2 Å². The van der Waals surface area contributed by atoms with Gasteiger partial charge in [0, 0.05) is 5.69 Å². The van der Waals surface area contributed by atoms with E-state index < -0.39 is 12.1 Å². The molecule has 23 heavy (non-hydrogen) atoms. The number of rotatable bonds is 5. The van der Waals surface area contributed by atoms with Gasteiger partial charge >= 0.3 is 5.97 Å². The number of aryl methyl sites for hydroxylation is 2. The summed E-state index contributed by atoms with van der Waals surface area (Å²) in [6.07, 6.45) is -0.672. The summed E-state index contributed by atoms with van der Waals surface area (Å²) in [7, 11) is 0. The Balaban J connectivity index is 2.02. The molecule has 5 nitrogen and oxygen atoms in total. The van der Waals surface area contributed by atoms with Crippen molar-refractivity contribution in [3.63, 3.8) is 0 Å². The van der Waals surface area contributed by atoms with E-state index in [0.29, 0.717) is 11.4 Å². The molecule has 0 saturated carbocycles. The Morgan fingerprint density at radius 2 is 1.74 bits per heavy atom. The molecule has 0 aliphatic heterocycles. The van der Waals surface area contributed by atoms with Gasteiger partial charge < -0.3 is 15.2 Å². The molecular weight excluding hydrogens is 294 g/mol. The van der Waals surface area contributed by atoms with Gasteiger partial charge in [-0.1, -0.05) is 12.1 Å². The molecule has 0 aliphatic carbocycles. The van der Waals surface area contributed by atoms with Gasteiger partial charge in [0.1, 0.15) is 5.75 Å². The van der Waals surface area contributed by atoms with E-state index >= 15 is 0 Å². The zero-order valence-corrected chi connectivity index (χ0v) is 13.3. The number of nitrogens with one attached hydrogen (secondary N) is 1. The van der Waals surface area contributed by atoms with Crippen molar-refractivity contribution in [3.8, 4) is 5.75 Å². The summed E-state index contributed by atoms with van der Waals surface area (Å²) in [5.41, 5.74) is 2.71. The zero-order valence-electron chi connectivity index (χ0n) is 13.3. The topological polar surface area (TPSA) is 75.6 Å². The first-order valence-electron chi connectivity index (χ1n) is 7.25. The number of ether oxygens (including phenoxy) is 1. The van der Waals surface area contributed by atoms with Crippen LogP contribution in [0.5, 0.6) is 5.75 Å². The molecule has 0 bridgehead atoms. The molecule has 2 aromatic carbocycles. The van der Waals surface area contributed by atoms with Crippen molar-refractivity contribution >= 4 is 17.6 Å². The van der Waals surface area contributed by atoms with Crippen LogP contribution in [0.3, 0.4) is 0 Å². The molecule has 1 amide bonds. The molecule has 0 fully saturated rings. The highest BCUT2D eigenvalue weighted by molar-refractivity contribution is 5.95. The molecule has 1 atom stereocenters. The van der Waals surface area contributed by atoms with Crippen molar-refractivity contribution in [2.24, 2.45) is 0 Å². The SMILES string of the molecule is Cc1ccc(C)c(OC(C)C(=O)Nc2ccc(C(=O)O)cc2)c1. The maximum Gasteiger partial charge on any atom is 0.335 e. The van der Waals surface area contributed by atoms with Crippen LogP contribution in [0, 0.1) is 13.8 Å². The number of hydrogen-bond donors (Lipinski definition) is 2. The van der Waals surface area contributed by atoms with Crippen LogP contribution in [0.1, 0.15) is 28.4 Å². The van der Waals surface area contributed by atoms with E-state index in [2.05, 4.69) is 5.32 Å². The number of hydrogen-bond acceptors (Lipinski definition) is 3. The van der Waals surface area contributed by atoms with Crippen LogP contribution in [-0.4, -0.2) is 23.1 Å². The normalized spacial score (nSPS) is 11.6. The lowest BCUT2D eigenvalue weighted by Gasteiger charge is -2.16. The molecule has 5 heteroatoms. The van der Waals surface area contributed by atoms with Gasteiger partial charge in [0.2, 0.25) is 0 Å². The lowest BCUT2D eigenvalue weighted by atomic mass is 10.1. The van der Waals surface area contributed by atoms with Crippen LogP contribution in [0.2, 0.25) is 0 Å². The first-order chi connectivity index (χ1) is 10.9. The number of carboxylic acids is 1. The molecule has 0 aliphatic rings. The van der Waals surface area contributed by atoms with E-state index in [4.69, 9.17) is 9.84 Å². The van der Waals surface area contributed by atoms with E-state index in [0.717, 1.165) is 11.1 Å². The third-order valence-electron chi connectivity index (χ3n) is 3.42. The highest BCUT2D eigenvalue weighted by Crippen LogP contribution is 2.21. The van der Waals surface area contributed by atoms with Crippen molar-refractivity contribution in [2.45, 2.75) is 26.9 Å². The minimum absolute atomic E-state index is 0.169. The van der Waals surface area contributed by atoms with Crippen LogP contribution in [0.25, 0.3) is 0 Å². The Bertz CT molecular complexity index is 722. The average Bonchev–Trinajstić information content (AvgIpc) is 2.51. The Hall–Kier alpha value is -2.82. The quantitative estimate of drug-likeness (QED) is 0.887. The molecule has 0 aromatic heterocycles. The highest BCUT2D eigenvalue weighted by atomic mass is 16.5. The third kappa shape index (κ3) is 4.32. The van der Waals surface area contributed by atoms with Crippen LogP contribution in [-0.2, 0) is 4.79 Å². The van der Waals surface area contributed by atoms with E-state index in [1.807, 2.05) is 32.0 Å². The van der Waals surface area contributed by atoms with E-state index in [9.17, 15) is 9.59 Å². The minimum Gasteiger partial charge on any atom is -0.481 e. The molecule has 120 valence electrons. The Morgan fingerprint density at radius 3 is 2.35 bits per heavy atom. The van der Waals surface area contributed by atoms with Crippen molar-refractivity contribution in [1.29, 1.82) is 0 Å². The molecule has 2 aromatic rings. The van der Waals surface area contributed by atoms with Crippen molar-refractivity contribution in [2.75, 3.05) is 5.32 Å². The van der Waals surface area contributed by atoms with Crippen LogP contribution in [0.4, 0.5) is 5.69 Å². The van der Waals surface area contributed by atoms with Crippen LogP contribution >= 0.6 is 0 Å². The summed E-state index contributed by atoms with van der Waals surface area (Å²) >= 11 is 0. The molecular formula is C18H19NO4. The van der Waals surface area contributed by atoms with Crippen LogP contribution in [0.15, 0.2) is 42.5 Å². The predicted octanol–water partition coefficient (Wildman–Crippen LogP) is 3.41. The fraction of sp³-hybridized carbons (Fsp3) is 0.222. The number of carbonyl (C=O) groups is 2. The first-order valence-corrected chi connectivity index (χ1v) is 7.25. The first kappa shape index (κ1) is 16.5. The van der Waals surface area contributed by atoms with E-state index in [1.165, 1.54) is 12.1 Å². The standard InChI is InChI=1S/C18H19NO4/c1-11-4-5-12(2)16(10-11)23-13(3)17(20)19-15-8-6-14(7-9-15)18(21)22/h4-10,13H,1-3H3,(H,19,20)(H,21,22). The van der Waals surface area contributed by atoms with Gasteiger partial charge in [0.15, 0.2) is 6.10 Å². The molecule has 0 saturated heterocycles. The number of aromatic carboxylic acids is 1. The van der Waals surface area contributed by atoms with Crippen molar-refractivity contribution < 1.29 is 19.4 Å². The smallest absolute Gasteiger partial charge is 0.335 e. The van der Waals surface area contributed by atoms with Gasteiger partial charge in [-0.25, -0.2) is 4.79 Å². The second kappa shape index (κ2) is 6.96. The average molecular weight is 313 g/mol. The lowest BCUT2D eigenvalue weighted by molar-refractivity contribution is -0.122. The molecule has 0 heterocycles. The van der Waals surface area contributed by atoms with Gasteiger partial charge in [-0.15, -0.1) is 0 Å². The highest BCUT2D eigenvalue weighted by Gasteiger charge is 2.16. The van der Waals surface area contributed by atoms with Gasteiger partial charge in [-0.3, -0.25) is 4.79 Å². The Labute approximate surface area is 134 Å². The van der Waals surface area contributed by atoms with Crippen LogP contribution < -0.4 is 10.1 Å². The van der Waals surface area contributed by atoms with Gasteiger partial charge in [0.25, 0.3) is 5.91 Å². The Kier molecular flexibility index (Phi) is 5.01. The number of anilines is 1. The molecule has 2 N–H and O–H groups in total.